The number of fused-ring (bicyclic) bond motifs is 7. The predicted octanol–water partition coefficient (Wildman–Crippen LogP) is 1.20. The summed E-state index contributed by atoms with van der Waals surface area (Å²) in [7, 11) is 0. The van der Waals surface area contributed by atoms with E-state index in [2.05, 4.69) is 35.4 Å². The SMILES string of the molecule is O=C1COc2cc(ccc2Cl)N=CC2C(=O)Nc3ncnc(c32)N2CCN(CCN1)CC2. The Labute approximate surface area is 189 Å². The number of anilines is 2. The summed E-state index contributed by atoms with van der Waals surface area (Å²) < 4.78 is 5.60. The van der Waals surface area contributed by atoms with Crippen LogP contribution in [-0.4, -0.2) is 78.8 Å². The molecule has 0 aliphatic carbocycles. The first-order chi connectivity index (χ1) is 15.6. The van der Waals surface area contributed by atoms with Gasteiger partial charge in [0.25, 0.3) is 5.91 Å². The number of hydrogen-bond acceptors (Lipinski definition) is 8. The second-order valence-corrected chi connectivity index (χ2v) is 8.19. The Morgan fingerprint density at radius 1 is 1.09 bits per heavy atom. The molecule has 4 aliphatic heterocycles. The van der Waals surface area contributed by atoms with E-state index in [9.17, 15) is 9.59 Å². The van der Waals surface area contributed by atoms with Gasteiger partial charge in [-0.2, -0.15) is 0 Å². The highest BCUT2D eigenvalue weighted by molar-refractivity contribution is 6.32. The van der Waals surface area contributed by atoms with Crippen molar-refractivity contribution in [3.05, 3.63) is 35.1 Å². The Kier molecular flexibility index (Phi) is 5.62. The number of aromatic nitrogens is 2. The van der Waals surface area contributed by atoms with Crippen LogP contribution in [0.15, 0.2) is 29.5 Å². The maximum absolute atomic E-state index is 12.7. The summed E-state index contributed by atoms with van der Waals surface area (Å²) >= 11 is 6.21. The van der Waals surface area contributed by atoms with Gasteiger partial charge >= 0.3 is 0 Å². The summed E-state index contributed by atoms with van der Waals surface area (Å²) in [4.78, 5) is 42.6. The number of hydrogen-bond donors (Lipinski definition) is 2. The zero-order valence-electron chi connectivity index (χ0n) is 17.3. The van der Waals surface area contributed by atoms with Crippen LogP contribution in [0.5, 0.6) is 5.75 Å². The fourth-order valence-corrected chi connectivity index (χ4v) is 4.24. The topological polar surface area (TPSA) is 112 Å². The normalized spacial score (nSPS) is 23.0. The maximum Gasteiger partial charge on any atom is 0.257 e. The van der Waals surface area contributed by atoms with Crippen molar-refractivity contribution < 1.29 is 14.3 Å². The number of carbonyl (C=O) groups excluding carboxylic acids is 2. The molecule has 1 fully saturated rings. The molecule has 11 heteroatoms. The molecule has 1 unspecified atom stereocenters. The van der Waals surface area contributed by atoms with Crippen LogP contribution in [0.4, 0.5) is 17.3 Å². The molecule has 2 N–H and O–H groups in total. The van der Waals surface area contributed by atoms with E-state index in [0.29, 0.717) is 28.8 Å². The second kappa shape index (κ2) is 8.71. The first-order valence-corrected chi connectivity index (χ1v) is 10.8. The minimum atomic E-state index is -0.607. The number of halogens is 1. The van der Waals surface area contributed by atoms with Crippen molar-refractivity contribution in [1.29, 1.82) is 0 Å². The third-order valence-electron chi connectivity index (χ3n) is 5.77. The lowest BCUT2D eigenvalue weighted by Gasteiger charge is -2.36. The molecule has 6 rings (SSSR count). The van der Waals surface area contributed by atoms with Gasteiger partial charge in [0.1, 0.15) is 29.6 Å². The second-order valence-electron chi connectivity index (χ2n) is 7.79. The largest absolute Gasteiger partial charge is 0.482 e. The monoisotopic (exact) mass is 455 g/mol. The van der Waals surface area contributed by atoms with Gasteiger partial charge < -0.3 is 20.3 Å². The summed E-state index contributed by atoms with van der Waals surface area (Å²) in [6.07, 6.45) is 3.07. The highest BCUT2D eigenvalue weighted by Gasteiger charge is 2.36. The number of carbonyl (C=O) groups is 2. The minimum absolute atomic E-state index is 0.139. The van der Waals surface area contributed by atoms with Crippen LogP contribution in [0.1, 0.15) is 11.5 Å². The molecule has 1 aromatic heterocycles. The highest BCUT2D eigenvalue weighted by atomic mass is 35.5. The van der Waals surface area contributed by atoms with E-state index in [1.54, 1.807) is 24.4 Å². The van der Waals surface area contributed by atoms with Gasteiger partial charge in [-0.05, 0) is 12.1 Å². The first-order valence-electron chi connectivity index (χ1n) is 10.4. The smallest absolute Gasteiger partial charge is 0.257 e. The summed E-state index contributed by atoms with van der Waals surface area (Å²) in [5, 5.41) is 6.09. The molecule has 32 heavy (non-hydrogen) atoms. The number of benzene rings is 1. The Morgan fingerprint density at radius 2 is 1.94 bits per heavy atom. The summed E-state index contributed by atoms with van der Waals surface area (Å²) in [6, 6.07) is 5.01. The van der Waals surface area contributed by atoms with Crippen LogP contribution in [-0.2, 0) is 9.59 Å². The number of aliphatic imine (C=N–C) groups is 1. The van der Waals surface area contributed by atoms with Crippen LogP contribution in [0.25, 0.3) is 0 Å². The number of ether oxygens (including phenoxy) is 1. The Hall–Kier alpha value is -3.24. The van der Waals surface area contributed by atoms with Gasteiger partial charge in [0, 0.05) is 51.5 Å². The van der Waals surface area contributed by atoms with E-state index in [1.165, 1.54) is 6.33 Å². The summed E-state index contributed by atoms with van der Waals surface area (Å²) in [5.41, 5.74) is 1.30. The molecule has 166 valence electrons. The van der Waals surface area contributed by atoms with Crippen LogP contribution >= 0.6 is 11.6 Å². The number of nitrogens with zero attached hydrogens (tertiary/aromatic N) is 5. The third kappa shape index (κ3) is 4.11. The third-order valence-corrected chi connectivity index (χ3v) is 6.08. The number of piperazine rings is 1. The van der Waals surface area contributed by atoms with E-state index < -0.39 is 5.92 Å². The fourth-order valence-electron chi connectivity index (χ4n) is 4.07. The Bertz CT molecular complexity index is 1090. The highest BCUT2D eigenvalue weighted by Crippen LogP contribution is 2.37. The molecule has 1 atom stereocenters. The molecular formula is C21H22ClN7O3. The van der Waals surface area contributed by atoms with Crippen LogP contribution in [0, 0.1) is 0 Å². The molecule has 0 spiro atoms. The molecule has 2 amide bonds. The van der Waals surface area contributed by atoms with Crippen molar-refractivity contribution in [3.63, 3.8) is 0 Å². The van der Waals surface area contributed by atoms with E-state index in [0.717, 1.165) is 44.1 Å². The molecule has 10 nitrogen and oxygen atoms in total. The van der Waals surface area contributed by atoms with Crippen molar-refractivity contribution in [1.82, 2.24) is 20.2 Å². The van der Waals surface area contributed by atoms with Gasteiger partial charge in [0.2, 0.25) is 5.91 Å². The van der Waals surface area contributed by atoms with Crippen molar-refractivity contribution in [2.75, 3.05) is 56.1 Å². The van der Waals surface area contributed by atoms with Crippen LogP contribution < -0.4 is 20.3 Å². The Balaban J connectivity index is 1.51. The predicted molar refractivity (Wildman–Crippen MR) is 120 cm³/mol. The molecule has 2 aromatic rings. The van der Waals surface area contributed by atoms with Gasteiger partial charge in [-0.3, -0.25) is 19.5 Å². The average Bonchev–Trinajstić information content (AvgIpc) is 3.12. The van der Waals surface area contributed by atoms with Gasteiger partial charge in [-0.1, -0.05) is 11.6 Å². The van der Waals surface area contributed by atoms with Gasteiger partial charge in [0.15, 0.2) is 6.61 Å². The van der Waals surface area contributed by atoms with Crippen molar-refractivity contribution in [2.45, 2.75) is 5.92 Å². The molecule has 1 aromatic carbocycles. The maximum atomic E-state index is 12.7. The number of amides is 2. The molecule has 1 saturated heterocycles. The number of nitrogens with one attached hydrogen (secondary N) is 2. The Morgan fingerprint density at radius 3 is 2.78 bits per heavy atom. The lowest BCUT2D eigenvalue weighted by Crippen LogP contribution is -2.49. The summed E-state index contributed by atoms with van der Waals surface area (Å²) in [5.74, 6) is 0.613. The van der Waals surface area contributed by atoms with Crippen molar-refractivity contribution in [3.8, 4) is 5.75 Å². The van der Waals surface area contributed by atoms with Gasteiger partial charge in [-0.15, -0.1) is 0 Å². The molecule has 0 radical (unpaired) electrons. The molecule has 4 aliphatic rings. The van der Waals surface area contributed by atoms with E-state index >= 15 is 0 Å². The lowest BCUT2D eigenvalue weighted by atomic mass is 10.0. The average molecular weight is 456 g/mol. The lowest BCUT2D eigenvalue weighted by molar-refractivity contribution is -0.123. The van der Waals surface area contributed by atoms with Gasteiger partial charge in [-0.25, -0.2) is 9.97 Å². The van der Waals surface area contributed by atoms with E-state index in [1.807, 2.05) is 0 Å². The van der Waals surface area contributed by atoms with E-state index in [-0.39, 0.29) is 18.4 Å². The number of rotatable bonds is 0. The first kappa shape index (κ1) is 20.7. The molecular weight excluding hydrogens is 434 g/mol. The fraction of sp³-hybridized carbons (Fsp3) is 0.381. The zero-order chi connectivity index (χ0) is 22.1. The quantitative estimate of drug-likeness (QED) is 0.613. The molecule has 0 saturated carbocycles. The van der Waals surface area contributed by atoms with Gasteiger partial charge in [0.05, 0.1) is 16.3 Å². The van der Waals surface area contributed by atoms with E-state index in [4.69, 9.17) is 16.3 Å². The molecule has 5 heterocycles. The minimum Gasteiger partial charge on any atom is -0.482 e. The standard InChI is InChI=1S/C21H22ClN7O3/c22-15-2-1-13-9-16(15)32-11-17(30)23-3-4-28-5-7-29(8-6-28)20-18-14(10-24-13)21(31)27-19(18)25-12-26-20/h1-2,9-10,12,14H,3-8,11H2,(H,23,30)(H,25,26,27,31). The zero-order valence-corrected chi connectivity index (χ0v) is 18.0. The summed E-state index contributed by atoms with van der Waals surface area (Å²) in [6.45, 7) is 4.31. The molecule has 4 bridgehead atoms. The van der Waals surface area contributed by atoms with Crippen LogP contribution in [0.2, 0.25) is 5.02 Å². The van der Waals surface area contributed by atoms with Crippen molar-refractivity contribution >= 4 is 47.0 Å². The van der Waals surface area contributed by atoms with Crippen LogP contribution in [0.3, 0.4) is 0 Å². The van der Waals surface area contributed by atoms with Crippen molar-refractivity contribution in [2.24, 2.45) is 4.99 Å².